The fourth-order valence-electron chi connectivity index (χ4n) is 1.29. The number of aliphatic hydroxyl groups excluding tert-OH is 1. The molecule has 18 heavy (non-hydrogen) atoms. The number of methoxy groups -OCH3 is 2. The minimum Gasteiger partial charge on any atom is -0.494 e. The Morgan fingerprint density at radius 2 is 2.22 bits per heavy atom. The molecule has 1 amide bonds. The van der Waals surface area contributed by atoms with Gasteiger partial charge in [-0.1, -0.05) is 0 Å². The van der Waals surface area contributed by atoms with Crippen LogP contribution in [0, 0.1) is 0 Å². The number of hydrogen-bond acceptors (Lipinski definition) is 6. The monoisotopic (exact) mass is 254 g/mol. The zero-order chi connectivity index (χ0) is 13.5. The third-order valence-corrected chi connectivity index (χ3v) is 2.22. The number of amides is 1. The molecule has 1 atom stereocenters. The maximum atomic E-state index is 11.9. The SMILES string of the molecule is COC(=O)C(CO)NC(=O)c1ccncc1OC. The Hall–Kier alpha value is -2.15. The number of carbonyl (C=O) groups is 2. The van der Waals surface area contributed by atoms with Gasteiger partial charge in [0.2, 0.25) is 0 Å². The lowest BCUT2D eigenvalue weighted by atomic mass is 10.2. The van der Waals surface area contributed by atoms with Gasteiger partial charge in [0.05, 0.1) is 32.6 Å². The Labute approximate surface area is 104 Å². The average Bonchev–Trinajstić information content (AvgIpc) is 2.43. The fraction of sp³-hybridized carbons (Fsp3) is 0.364. The van der Waals surface area contributed by atoms with Gasteiger partial charge in [0, 0.05) is 6.20 Å². The summed E-state index contributed by atoms with van der Waals surface area (Å²) in [5.41, 5.74) is 0.217. The highest BCUT2D eigenvalue weighted by molar-refractivity contribution is 5.98. The van der Waals surface area contributed by atoms with Crippen molar-refractivity contribution in [1.82, 2.24) is 10.3 Å². The highest BCUT2D eigenvalue weighted by atomic mass is 16.5. The van der Waals surface area contributed by atoms with Gasteiger partial charge >= 0.3 is 5.97 Å². The number of nitrogens with zero attached hydrogens (tertiary/aromatic N) is 1. The van der Waals surface area contributed by atoms with E-state index in [0.29, 0.717) is 0 Å². The van der Waals surface area contributed by atoms with Crippen molar-refractivity contribution in [3.63, 3.8) is 0 Å². The molecule has 0 spiro atoms. The van der Waals surface area contributed by atoms with E-state index >= 15 is 0 Å². The molecule has 98 valence electrons. The zero-order valence-corrected chi connectivity index (χ0v) is 10.0. The summed E-state index contributed by atoms with van der Waals surface area (Å²) in [5, 5.41) is 11.3. The van der Waals surface area contributed by atoms with Gasteiger partial charge in [0.1, 0.15) is 5.75 Å². The Bertz CT molecular complexity index is 435. The van der Waals surface area contributed by atoms with Crippen molar-refractivity contribution < 1.29 is 24.2 Å². The van der Waals surface area contributed by atoms with Gasteiger partial charge in [-0.15, -0.1) is 0 Å². The van der Waals surface area contributed by atoms with Gasteiger partial charge in [-0.2, -0.15) is 0 Å². The van der Waals surface area contributed by atoms with Crippen molar-refractivity contribution in [2.75, 3.05) is 20.8 Å². The second-order valence-corrected chi connectivity index (χ2v) is 3.31. The summed E-state index contributed by atoms with van der Waals surface area (Å²) < 4.78 is 9.41. The molecule has 1 rings (SSSR count). The molecule has 1 heterocycles. The first-order chi connectivity index (χ1) is 8.63. The Morgan fingerprint density at radius 1 is 1.50 bits per heavy atom. The summed E-state index contributed by atoms with van der Waals surface area (Å²) in [7, 11) is 2.57. The molecular weight excluding hydrogens is 240 g/mol. The third-order valence-electron chi connectivity index (χ3n) is 2.22. The van der Waals surface area contributed by atoms with Crippen LogP contribution >= 0.6 is 0 Å². The molecule has 0 bridgehead atoms. The maximum absolute atomic E-state index is 11.9. The molecule has 0 aromatic carbocycles. The Kier molecular flexibility index (Phi) is 5.06. The van der Waals surface area contributed by atoms with E-state index in [4.69, 9.17) is 9.84 Å². The fourth-order valence-corrected chi connectivity index (χ4v) is 1.29. The van der Waals surface area contributed by atoms with Gasteiger partial charge in [0.25, 0.3) is 5.91 Å². The first kappa shape index (κ1) is 13.9. The van der Waals surface area contributed by atoms with Crippen LogP contribution in [0.3, 0.4) is 0 Å². The largest absolute Gasteiger partial charge is 0.494 e. The molecule has 0 aliphatic carbocycles. The summed E-state index contributed by atoms with van der Waals surface area (Å²) in [6.07, 6.45) is 2.80. The molecule has 0 fully saturated rings. The first-order valence-electron chi connectivity index (χ1n) is 5.11. The summed E-state index contributed by atoms with van der Waals surface area (Å²) in [5.74, 6) is -1.01. The average molecular weight is 254 g/mol. The molecule has 7 nitrogen and oxygen atoms in total. The van der Waals surface area contributed by atoms with Gasteiger partial charge in [0.15, 0.2) is 6.04 Å². The van der Waals surface area contributed by atoms with Crippen LogP contribution in [-0.2, 0) is 9.53 Å². The topological polar surface area (TPSA) is 97.8 Å². The molecule has 0 saturated carbocycles. The van der Waals surface area contributed by atoms with E-state index in [-0.39, 0.29) is 11.3 Å². The van der Waals surface area contributed by atoms with Crippen LogP contribution in [0.4, 0.5) is 0 Å². The van der Waals surface area contributed by atoms with Crippen LogP contribution in [-0.4, -0.2) is 48.8 Å². The first-order valence-corrected chi connectivity index (χ1v) is 5.11. The van der Waals surface area contributed by atoms with Crippen LogP contribution in [0.5, 0.6) is 5.75 Å². The number of aliphatic hydroxyl groups is 1. The number of ether oxygens (including phenoxy) is 2. The lowest BCUT2D eigenvalue weighted by Crippen LogP contribution is -2.44. The van der Waals surface area contributed by atoms with Gasteiger partial charge in [-0.05, 0) is 6.07 Å². The zero-order valence-electron chi connectivity index (χ0n) is 10.0. The Morgan fingerprint density at radius 3 is 2.78 bits per heavy atom. The lowest BCUT2D eigenvalue weighted by molar-refractivity contribution is -0.143. The van der Waals surface area contributed by atoms with E-state index in [1.54, 1.807) is 0 Å². The third kappa shape index (κ3) is 3.17. The molecule has 7 heteroatoms. The standard InChI is InChI=1S/C11H14N2O5/c1-17-9-5-12-4-3-7(9)10(15)13-8(6-14)11(16)18-2/h3-5,8,14H,6H2,1-2H3,(H,13,15). The maximum Gasteiger partial charge on any atom is 0.330 e. The van der Waals surface area contributed by atoms with Crippen LogP contribution < -0.4 is 10.1 Å². The van der Waals surface area contributed by atoms with Crippen LogP contribution in [0.25, 0.3) is 0 Å². The number of esters is 1. The number of hydrogen-bond donors (Lipinski definition) is 2. The van der Waals surface area contributed by atoms with Crippen LogP contribution in [0.15, 0.2) is 18.5 Å². The number of pyridine rings is 1. The molecule has 0 radical (unpaired) electrons. The number of rotatable bonds is 5. The summed E-state index contributed by atoms with van der Waals surface area (Å²) in [6, 6.07) is 0.334. The van der Waals surface area contributed by atoms with Crippen molar-refractivity contribution in [2.45, 2.75) is 6.04 Å². The van der Waals surface area contributed by atoms with E-state index in [9.17, 15) is 9.59 Å². The van der Waals surface area contributed by atoms with E-state index in [0.717, 1.165) is 0 Å². The van der Waals surface area contributed by atoms with E-state index in [2.05, 4.69) is 15.0 Å². The lowest BCUT2D eigenvalue weighted by Gasteiger charge is -2.14. The van der Waals surface area contributed by atoms with E-state index in [1.807, 2.05) is 0 Å². The summed E-state index contributed by atoms with van der Waals surface area (Å²) >= 11 is 0. The van der Waals surface area contributed by atoms with Crippen molar-refractivity contribution in [3.05, 3.63) is 24.0 Å². The predicted octanol–water partition coefficient (Wildman–Crippen LogP) is -0.646. The minimum atomic E-state index is -1.11. The van der Waals surface area contributed by atoms with Crippen LogP contribution in [0.1, 0.15) is 10.4 Å². The molecular formula is C11H14N2O5. The Balaban J connectivity index is 2.84. The quantitative estimate of drug-likeness (QED) is 0.678. The van der Waals surface area contributed by atoms with Crippen molar-refractivity contribution >= 4 is 11.9 Å². The van der Waals surface area contributed by atoms with Crippen molar-refractivity contribution in [3.8, 4) is 5.75 Å². The predicted molar refractivity (Wildman–Crippen MR) is 61.1 cm³/mol. The molecule has 1 aromatic rings. The number of carbonyl (C=O) groups excluding carboxylic acids is 2. The molecule has 0 aliphatic heterocycles. The summed E-state index contributed by atoms with van der Waals surface area (Å²) in [6.45, 7) is -0.550. The second-order valence-electron chi connectivity index (χ2n) is 3.31. The van der Waals surface area contributed by atoms with Gasteiger partial charge in [-0.25, -0.2) is 4.79 Å². The molecule has 2 N–H and O–H groups in total. The van der Waals surface area contributed by atoms with Gasteiger partial charge < -0.3 is 19.9 Å². The highest BCUT2D eigenvalue weighted by Gasteiger charge is 2.22. The van der Waals surface area contributed by atoms with E-state index < -0.39 is 24.5 Å². The number of nitrogens with one attached hydrogen (secondary N) is 1. The molecule has 1 unspecified atom stereocenters. The molecule has 0 aliphatic rings. The van der Waals surface area contributed by atoms with E-state index in [1.165, 1.54) is 32.7 Å². The molecule has 1 aromatic heterocycles. The summed E-state index contributed by atoms with van der Waals surface area (Å²) in [4.78, 5) is 26.9. The minimum absolute atomic E-state index is 0.217. The molecule has 0 saturated heterocycles. The second kappa shape index (κ2) is 6.55. The van der Waals surface area contributed by atoms with Crippen molar-refractivity contribution in [1.29, 1.82) is 0 Å². The highest BCUT2D eigenvalue weighted by Crippen LogP contribution is 2.15. The normalized spacial score (nSPS) is 11.5. The van der Waals surface area contributed by atoms with Crippen molar-refractivity contribution in [2.24, 2.45) is 0 Å². The van der Waals surface area contributed by atoms with Gasteiger partial charge in [-0.3, -0.25) is 9.78 Å². The number of aromatic nitrogens is 1. The smallest absolute Gasteiger partial charge is 0.330 e. The van der Waals surface area contributed by atoms with Crippen LogP contribution in [0.2, 0.25) is 0 Å².